The third-order valence-corrected chi connectivity index (χ3v) is 1.57. The lowest BCUT2D eigenvalue weighted by Crippen LogP contribution is -1.89. The summed E-state index contributed by atoms with van der Waals surface area (Å²) in [5.74, 6) is 0.315. The molecule has 1 aromatic carbocycles. The Bertz CT molecular complexity index is 701. The van der Waals surface area contributed by atoms with Crippen molar-refractivity contribution in [1.82, 2.24) is 4.98 Å². The lowest BCUT2D eigenvalue weighted by atomic mass is 10.2. The van der Waals surface area contributed by atoms with Crippen LogP contribution in [0.25, 0.3) is 10.9 Å². The number of para-hydroxylation sites is 1. The van der Waals surface area contributed by atoms with Crippen molar-refractivity contribution in [3.8, 4) is 5.75 Å². The van der Waals surface area contributed by atoms with Crippen molar-refractivity contribution in [2.45, 2.75) is 0 Å². The number of hydrogen-bond donors (Lipinski definition) is 6. The van der Waals surface area contributed by atoms with Crippen molar-refractivity contribution in [2.24, 2.45) is 0 Å². The minimum absolute atomic E-state index is 0.315. The maximum Gasteiger partial charge on any atom is 0.394 e. The van der Waals surface area contributed by atoms with Crippen LogP contribution in [0.3, 0.4) is 0 Å². The molecule has 0 spiro atoms. The first kappa shape index (κ1) is 18.3. The average Bonchev–Trinajstić information content (AvgIpc) is 2.56. The number of rotatable bonds is 0. The Morgan fingerprint density at radius 3 is 1.65 bits per heavy atom. The first-order chi connectivity index (χ1) is 8.88. The second-order valence-electron chi connectivity index (χ2n) is 3.12. The van der Waals surface area contributed by atoms with E-state index in [2.05, 4.69) is 4.98 Å². The molecule has 0 fully saturated rings. The maximum absolute atomic E-state index is 9.18. The molecular formula is C8H11NO9S2. The Kier molecular flexibility index (Phi) is 6.57. The van der Waals surface area contributed by atoms with Gasteiger partial charge >= 0.3 is 20.8 Å². The van der Waals surface area contributed by atoms with Gasteiger partial charge in [0.2, 0.25) is 0 Å². The summed E-state index contributed by atoms with van der Waals surface area (Å²) in [6.07, 6.45) is 1.59. The number of benzene rings is 1. The number of nitrogens with one attached hydrogen (secondary N) is 1. The minimum atomic E-state index is -4.67. The van der Waals surface area contributed by atoms with Crippen LogP contribution in [-0.4, -0.2) is 45.1 Å². The normalized spacial score (nSPS) is 11.0. The van der Waals surface area contributed by atoms with E-state index < -0.39 is 20.8 Å². The summed E-state index contributed by atoms with van der Waals surface area (Å²) < 4.78 is 63.2. The van der Waals surface area contributed by atoms with Crippen LogP contribution in [-0.2, 0) is 20.8 Å². The second-order valence-corrected chi connectivity index (χ2v) is 4.91. The molecule has 0 aliphatic heterocycles. The number of H-pyrrole nitrogens is 1. The molecule has 0 aliphatic carbocycles. The van der Waals surface area contributed by atoms with Gasteiger partial charge in [-0.3, -0.25) is 18.2 Å². The fourth-order valence-electron chi connectivity index (χ4n) is 1.06. The first-order valence-electron chi connectivity index (χ1n) is 4.53. The lowest BCUT2D eigenvalue weighted by molar-refractivity contribution is 0.378. The van der Waals surface area contributed by atoms with Gasteiger partial charge in [-0.1, -0.05) is 12.1 Å². The Morgan fingerprint density at radius 1 is 0.850 bits per heavy atom. The highest BCUT2D eigenvalue weighted by Crippen LogP contribution is 2.22. The first-order valence-corrected chi connectivity index (χ1v) is 7.32. The standard InChI is InChI=1S/C8H7NO.2H2O4S/c10-8-5-9-7-4-2-1-3-6(7)8;2*1-5(2,3)4/h1-5,9-10H;2*(H2,1,2,3,4). The number of aromatic amines is 1. The van der Waals surface area contributed by atoms with Crippen molar-refractivity contribution in [3.05, 3.63) is 30.5 Å². The highest BCUT2D eigenvalue weighted by molar-refractivity contribution is 7.80. The fourth-order valence-corrected chi connectivity index (χ4v) is 1.06. The largest absolute Gasteiger partial charge is 0.506 e. The molecule has 2 rings (SSSR count). The number of fused-ring (bicyclic) bond motifs is 1. The van der Waals surface area contributed by atoms with Crippen LogP contribution >= 0.6 is 0 Å². The van der Waals surface area contributed by atoms with Gasteiger partial charge < -0.3 is 10.1 Å². The monoisotopic (exact) mass is 329 g/mol. The van der Waals surface area contributed by atoms with Crippen molar-refractivity contribution < 1.29 is 40.2 Å². The molecule has 20 heavy (non-hydrogen) atoms. The summed E-state index contributed by atoms with van der Waals surface area (Å²) in [6, 6.07) is 7.63. The number of aromatic nitrogens is 1. The zero-order valence-corrected chi connectivity index (χ0v) is 11.2. The molecule has 0 bridgehead atoms. The van der Waals surface area contributed by atoms with E-state index in [0.717, 1.165) is 10.9 Å². The Morgan fingerprint density at radius 2 is 1.25 bits per heavy atom. The van der Waals surface area contributed by atoms with Crippen molar-refractivity contribution in [1.29, 1.82) is 0 Å². The number of aromatic hydroxyl groups is 1. The molecule has 6 N–H and O–H groups in total. The van der Waals surface area contributed by atoms with Gasteiger partial charge in [0.1, 0.15) is 5.75 Å². The van der Waals surface area contributed by atoms with Crippen molar-refractivity contribution >= 4 is 31.7 Å². The summed E-state index contributed by atoms with van der Waals surface area (Å²) in [5, 5.41) is 10.1. The highest BCUT2D eigenvalue weighted by atomic mass is 32.3. The van der Waals surface area contributed by atoms with E-state index in [4.69, 9.17) is 35.0 Å². The van der Waals surface area contributed by atoms with Gasteiger partial charge in [0.25, 0.3) is 0 Å². The van der Waals surface area contributed by atoms with Crippen molar-refractivity contribution in [3.63, 3.8) is 0 Å². The molecule has 12 heteroatoms. The minimum Gasteiger partial charge on any atom is -0.506 e. The van der Waals surface area contributed by atoms with Crippen molar-refractivity contribution in [2.75, 3.05) is 0 Å². The Balaban J connectivity index is 0.000000310. The second kappa shape index (κ2) is 7.18. The summed E-state index contributed by atoms with van der Waals surface area (Å²) >= 11 is 0. The summed E-state index contributed by atoms with van der Waals surface area (Å²) in [7, 11) is -9.33. The van der Waals surface area contributed by atoms with Gasteiger partial charge in [-0.2, -0.15) is 16.8 Å². The van der Waals surface area contributed by atoms with E-state index in [-0.39, 0.29) is 0 Å². The zero-order chi connectivity index (χ0) is 16.0. The topological polar surface area (TPSA) is 185 Å². The SMILES string of the molecule is O=S(=O)(O)O.O=S(=O)(O)O.Oc1c[nH]c2ccccc12. The van der Waals surface area contributed by atoms with Crippen LogP contribution in [0, 0.1) is 0 Å². The van der Waals surface area contributed by atoms with E-state index in [1.165, 1.54) is 0 Å². The molecule has 0 radical (unpaired) electrons. The predicted octanol–water partition coefficient (Wildman–Crippen LogP) is 0.568. The van der Waals surface area contributed by atoms with E-state index in [1.807, 2.05) is 24.3 Å². The van der Waals surface area contributed by atoms with Crippen LogP contribution in [0.1, 0.15) is 0 Å². The molecule has 0 amide bonds. The molecule has 10 nitrogen and oxygen atoms in total. The Hall–Kier alpha value is -1.70. The van der Waals surface area contributed by atoms with Crippen LogP contribution < -0.4 is 0 Å². The molecule has 0 saturated carbocycles. The van der Waals surface area contributed by atoms with E-state index in [9.17, 15) is 5.11 Å². The highest BCUT2D eigenvalue weighted by Gasteiger charge is 1.97. The van der Waals surface area contributed by atoms with Gasteiger partial charge in [0.05, 0.1) is 0 Å². The molecule has 2 aromatic rings. The van der Waals surface area contributed by atoms with Crippen LogP contribution in [0.5, 0.6) is 5.75 Å². The van der Waals surface area contributed by atoms with Gasteiger partial charge in [-0.05, 0) is 12.1 Å². The molecule has 0 unspecified atom stereocenters. The lowest BCUT2D eigenvalue weighted by Gasteiger charge is -1.86. The fraction of sp³-hybridized carbons (Fsp3) is 0. The van der Waals surface area contributed by atoms with Crippen LogP contribution in [0.2, 0.25) is 0 Å². The quantitative estimate of drug-likeness (QED) is 0.376. The molecule has 1 aromatic heterocycles. The van der Waals surface area contributed by atoms with Gasteiger partial charge in [-0.25, -0.2) is 0 Å². The third-order valence-electron chi connectivity index (χ3n) is 1.57. The smallest absolute Gasteiger partial charge is 0.394 e. The van der Waals surface area contributed by atoms with Gasteiger partial charge in [0.15, 0.2) is 0 Å². The molecule has 114 valence electrons. The average molecular weight is 329 g/mol. The molecule has 1 heterocycles. The van der Waals surface area contributed by atoms with E-state index in [1.54, 1.807) is 6.20 Å². The van der Waals surface area contributed by atoms with E-state index >= 15 is 0 Å². The summed E-state index contributed by atoms with van der Waals surface area (Å²) in [5.41, 5.74) is 0.972. The van der Waals surface area contributed by atoms with E-state index in [0.29, 0.717) is 5.75 Å². The van der Waals surface area contributed by atoms with Gasteiger partial charge in [0, 0.05) is 17.1 Å². The van der Waals surface area contributed by atoms with Crippen LogP contribution in [0.4, 0.5) is 0 Å². The Labute approximate surface area is 113 Å². The maximum atomic E-state index is 9.18. The molecule has 0 aliphatic rings. The molecule has 0 saturated heterocycles. The predicted molar refractivity (Wildman–Crippen MR) is 68.3 cm³/mol. The number of hydrogen-bond acceptors (Lipinski definition) is 5. The van der Waals surface area contributed by atoms with Crippen LogP contribution in [0.15, 0.2) is 30.5 Å². The third kappa shape index (κ3) is 11.4. The summed E-state index contributed by atoms with van der Waals surface area (Å²) in [4.78, 5) is 2.94. The van der Waals surface area contributed by atoms with Gasteiger partial charge in [-0.15, -0.1) is 0 Å². The molecule has 0 atom stereocenters. The molecular weight excluding hydrogens is 318 g/mol. The zero-order valence-electron chi connectivity index (χ0n) is 9.57. The summed E-state index contributed by atoms with van der Waals surface area (Å²) in [6.45, 7) is 0.